The van der Waals surface area contributed by atoms with Crippen LogP contribution in [0.3, 0.4) is 0 Å². The lowest BCUT2D eigenvalue weighted by Crippen LogP contribution is -2.48. The molecule has 6 nitrogen and oxygen atoms in total. The van der Waals surface area contributed by atoms with Gasteiger partial charge in [0, 0.05) is 25.3 Å². The maximum atomic E-state index is 12.0. The number of hydrogen-bond donors (Lipinski definition) is 2. The highest BCUT2D eigenvalue weighted by Crippen LogP contribution is 2.22. The smallest absolute Gasteiger partial charge is 0.337 e. The molecule has 0 radical (unpaired) electrons. The van der Waals surface area contributed by atoms with E-state index in [1.54, 1.807) is 6.92 Å². The van der Waals surface area contributed by atoms with Crippen molar-refractivity contribution < 1.29 is 14.3 Å². The van der Waals surface area contributed by atoms with Gasteiger partial charge in [0.2, 0.25) is 0 Å². The van der Waals surface area contributed by atoms with Crippen molar-refractivity contribution >= 4 is 12.0 Å². The summed E-state index contributed by atoms with van der Waals surface area (Å²) in [6.07, 6.45) is 1.23. The predicted molar refractivity (Wildman–Crippen MR) is 79.6 cm³/mol. The molecule has 0 aliphatic carbocycles. The molecule has 0 aromatic heterocycles. The quantitative estimate of drug-likeness (QED) is 0.762. The summed E-state index contributed by atoms with van der Waals surface area (Å²) in [5.41, 5.74) is 1.21. The largest absolute Gasteiger partial charge is 0.463 e. The van der Waals surface area contributed by atoms with E-state index in [0.29, 0.717) is 36.3 Å². The minimum Gasteiger partial charge on any atom is -0.463 e. The molecular weight excluding hydrogens is 270 g/mol. The fourth-order valence-corrected chi connectivity index (χ4v) is 3.23. The van der Waals surface area contributed by atoms with E-state index >= 15 is 0 Å². The molecule has 0 aromatic rings. The molecule has 2 aliphatic rings. The number of likely N-dealkylation sites (tertiary alicyclic amines) is 1. The van der Waals surface area contributed by atoms with E-state index in [2.05, 4.69) is 29.4 Å². The number of carbonyl (C=O) groups excluding carboxylic acids is 2. The zero-order valence-corrected chi connectivity index (χ0v) is 13.1. The van der Waals surface area contributed by atoms with Crippen molar-refractivity contribution in [2.45, 2.75) is 27.2 Å². The first kappa shape index (κ1) is 15.8. The summed E-state index contributed by atoms with van der Waals surface area (Å²) < 4.78 is 5.07. The highest BCUT2D eigenvalue weighted by Gasteiger charge is 2.27. The van der Waals surface area contributed by atoms with Crippen LogP contribution in [0.1, 0.15) is 27.2 Å². The van der Waals surface area contributed by atoms with Gasteiger partial charge in [0.15, 0.2) is 0 Å². The molecule has 1 fully saturated rings. The fourth-order valence-electron chi connectivity index (χ4n) is 3.23. The number of hydrogen-bond acceptors (Lipinski definition) is 4. The van der Waals surface area contributed by atoms with Gasteiger partial charge in [0.25, 0.3) is 0 Å². The number of rotatable bonds is 4. The average Bonchev–Trinajstić information content (AvgIpc) is 2.37. The van der Waals surface area contributed by atoms with Crippen LogP contribution in [-0.4, -0.2) is 49.7 Å². The van der Waals surface area contributed by atoms with Crippen LogP contribution in [0.5, 0.6) is 0 Å². The molecule has 0 saturated carbocycles. The zero-order chi connectivity index (χ0) is 15.4. The van der Waals surface area contributed by atoms with Gasteiger partial charge in [-0.1, -0.05) is 13.8 Å². The molecule has 21 heavy (non-hydrogen) atoms. The van der Waals surface area contributed by atoms with Gasteiger partial charge in [-0.15, -0.1) is 0 Å². The Morgan fingerprint density at radius 3 is 2.62 bits per heavy atom. The maximum Gasteiger partial charge on any atom is 0.337 e. The molecule has 118 valence electrons. The second kappa shape index (κ2) is 6.93. The molecule has 2 amide bonds. The van der Waals surface area contributed by atoms with E-state index in [1.165, 1.54) is 6.42 Å². The molecule has 0 spiro atoms. The molecule has 0 unspecified atom stereocenters. The van der Waals surface area contributed by atoms with Gasteiger partial charge in [0.1, 0.15) is 0 Å². The number of piperidine rings is 1. The third kappa shape index (κ3) is 4.20. The lowest BCUT2D eigenvalue weighted by molar-refractivity contribution is -0.138. The van der Waals surface area contributed by atoms with Gasteiger partial charge in [-0.25, -0.2) is 9.59 Å². The van der Waals surface area contributed by atoms with Crippen LogP contribution >= 0.6 is 0 Å². The van der Waals surface area contributed by atoms with E-state index in [0.717, 1.165) is 13.1 Å². The topological polar surface area (TPSA) is 70.7 Å². The minimum atomic E-state index is -0.349. The van der Waals surface area contributed by atoms with Gasteiger partial charge in [-0.2, -0.15) is 0 Å². The highest BCUT2D eigenvalue weighted by molar-refractivity contribution is 5.93. The Morgan fingerprint density at radius 2 is 2.00 bits per heavy atom. The van der Waals surface area contributed by atoms with Crippen molar-refractivity contribution in [2.75, 3.05) is 32.8 Å². The van der Waals surface area contributed by atoms with E-state index in [4.69, 9.17) is 4.74 Å². The van der Waals surface area contributed by atoms with Gasteiger partial charge < -0.3 is 15.4 Å². The Bertz CT molecular complexity index is 437. The molecule has 2 atom stereocenters. The summed E-state index contributed by atoms with van der Waals surface area (Å²) in [5.74, 6) is 0.925. The summed E-state index contributed by atoms with van der Waals surface area (Å²) in [6, 6.07) is -0.254. The van der Waals surface area contributed by atoms with Crippen LogP contribution in [0.25, 0.3) is 0 Å². The molecule has 6 heteroatoms. The van der Waals surface area contributed by atoms with Gasteiger partial charge in [0.05, 0.1) is 18.7 Å². The Balaban J connectivity index is 2.11. The van der Waals surface area contributed by atoms with Gasteiger partial charge in [-0.05, 0) is 25.2 Å². The molecule has 1 saturated heterocycles. The number of amides is 2. The number of nitrogens with zero attached hydrogens (tertiary/aromatic N) is 1. The monoisotopic (exact) mass is 295 g/mol. The molecule has 2 heterocycles. The Morgan fingerprint density at radius 1 is 1.33 bits per heavy atom. The summed E-state index contributed by atoms with van der Waals surface area (Å²) >= 11 is 0. The minimum absolute atomic E-state index is 0.235. The first-order chi connectivity index (χ1) is 9.99. The third-order valence-corrected chi connectivity index (χ3v) is 3.90. The Hall–Kier alpha value is -1.56. The normalized spacial score (nSPS) is 27.1. The summed E-state index contributed by atoms with van der Waals surface area (Å²) in [4.78, 5) is 25.8. The van der Waals surface area contributed by atoms with Gasteiger partial charge in [-0.3, -0.25) is 4.90 Å². The van der Waals surface area contributed by atoms with Crippen molar-refractivity contribution in [3.63, 3.8) is 0 Å². The lowest BCUT2D eigenvalue weighted by Gasteiger charge is -2.36. The first-order valence-electron chi connectivity index (χ1n) is 7.66. The lowest BCUT2D eigenvalue weighted by atomic mass is 9.91. The Labute approximate surface area is 125 Å². The molecule has 2 rings (SSSR count). The van der Waals surface area contributed by atoms with Crippen LogP contribution in [0.4, 0.5) is 4.79 Å². The van der Waals surface area contributed by atoms with Crippen LogP contribution in [0.2, 0.25) is 0 Å². The van der Waals surface area contributed by atoms with Crippen LogP contribution in [0.15, 0.2) is 11.3 Å². The molecule has 2 N–H and O–H groups in total. The number of urea groups is 1. The molecule has 0 aromatic carbocycles. The maximum absolute atomic E-state index is 12.0. The standard InChI is InChI=1S/C15H25N3O3/c1-4-21-14(19)12-6-16-15(20)17-13(12)9-18-7-10(2)5-11(3)8-18/h10-11H,4-9H2,1-3H3,(H2,16,17,20)/t10-,11-/m1/s1. The van der Waals surface area contributed by atoms with Crippen LogP contribution in [0, 0.1) is 11.8 Å². The number of nitrogens with one attached hydrogen (secondary N) is 2. The second-order valence-corrected chi connectivity index (χ2v) is 6.13. The van der Waals surface area contributed by atoms with Crippen molar-refractivity contribution in [1.82, 2.24) is 15.5 Å². The van der Waals surface area contributed by atoms with E-state index < -0.39 is 0 Å². The van der Waals surface area contributed by atoms with Crippen molar-refractivity contribution in [3.05, 3.63) is 11.3 Å². The zero-order valence-electron chi connectivity index (χ0n) is 13.1. The van der Waals surface area contributed by atoms with Crippen molar-refractivity contribution in [1.29, 1.82) is 0 Å². The van der Waals surface area contributed by atoms with Crippen molar-refractivity contribution in [3.8, 4) is 0 Å². The third-order valence-electron chi connectivity index (χ3n) is 3.90. The predicted octanol–water partition coefficient (Wildman–Crippen LogP) is 1.09. The molecule has 2 aliphatic heterocycles. The highest BCUT2D eigenvalue weighted by atomic mass is 16.5. The number of esters is 1. The average molecular weight is 295 g/mol. The van der Waals surface area contributed by atoms with E-state index in [-0.39, 0.29) is 18.5 Å². The van der Waals surface area contributed by atoms with Crippen LogP contribution in [-0.2, 0) is 9.53 Å². The fraction of sp³-hybridized carbons (Fsp3) is 0.733. The second-order valence-electron chi connectivity index (χ2n) is 6.13. The van der Waals surface area contributed by atoms with Gasteiger partial charge >= 0.3 is 12.0 Å². The van der Waals surface area contributed by atoms with Crippen molar-refractivity contribution in [2.24, 2.45) is 11.8 Å². The summed E-state index contributed by atoms with van der Waals surface area (Å²) in [6.45, 7) is 9.41. The number of ether oxygens (including phenoxy) is 1. The molecular formula is C15H25N3O3. The SMILES string of the molecule is CCOC(=O)C1=C(CN2C[C@H](C)C[C@@H](C)C2)NC(=O)NC1. The van der Waals surface area contributed by atoms with E-state index in [9.17, 15) is 9.59 Å². The summed E-state index contributed by atoms with van der Waals surface area (Å²) in [7, 11) is 0. The molecule has 0 bridgehead atoms. The van der Waals surface area contributed by atoms with Crippen LogP contribution < -0.4 is 10.6 Å². The summed E-state index contributed by atoms with van der Waals surface area (Å²) in [5, 5.41) is 5.40. The Kier molecular flexibility index (Phi) is 5.22. The van der Waals surface area contributed by atoms with E-state index in [1.807, 2.05) is 0 Å². The number of carbonyl (C=O) groups is 2. The first-order valence-corrected chi connectivity index (χ1v) is 7.66.